The molecule has 3 N–H and O–H groups in total. The van der Waals surface area contributed by atoms with E-state index in [1.54, 1.807) is 38.0 Å². The van der Waals surface area contributed by atoms with Crippen LogP contribution in [0, 0.1) is 0 Å². The van der Waals surface area contributed by atoms with Crippen LogP contribution in [0.2, 0.25) is 0 Å². The van der Waals surface area contributed by atoms with Gasteiger partial charge in [-0.3, -0.25) is 4.79 Å². The Kier molecular flexibility index (Phi) is 3.65. The summed E-state index contributed by atoms with van der Waals surface area (Å²) in [4.78, 5) is 16.1. The third kappa shape index (κ3) is 2.37. The number of aromatic nitrogens is 3. The number of amides is 1. The molecule has 0 saturated carbocycles. The number of hydrogen-bond donors (Lipinski definition) is 2. The third-order valence-corrected chi connectivity index (χ3v) is 3.78. The second-order valence-electron chi connectivity index (χ2n) is 5.07. The van der Waals surface area contributed by atoms with Crippen molar-refractivity contribution in [2.75, 3.05) is 19.5 Å². The number of allylic oxidation sites excluding steroid dienone is 1. The van der Waals surface area contributed by atoms with E-state index in [-0.39, 0.29) is 0 Å². The zero-order valence-electron chi connectivity index (χ0n) is 13.0. The van der Waals surface area contributed by atoms with Crippen molar-refractivity contribution in [3.8, 4) is 11.5 Å². The van der Waals surface area contributed by atoms with Crippen LogP contribution in [-0.2, 0) is 4.79 Å². The average molecular weight is 315 g/mol. The predicted molar refractivity (Wildman–Crippen MR) is 83.2 cm³/mol. The summed E-state index contributed by atoms with van der Waals surface area (Å²) in [5.41, 5.74) is 7.46. The lowest BCUT2D eigenvalue weighted by atomic mass is 9.95. The Balaban J connectivity index is 2.18. The highest BCUT2D eigenvalue weighted by Crippen LogP contribution is 2.37. The summed E-state index contributed by atoms with van der Waals surface area (Å²) < 4.78 is 12.2. The van der Waals surface area contributed by atoms with Gasteiger partial charge in [0.05, 0.1) is 19.8 Å². The Labute approximate surface area is 132 Å². The summed E-state index contributed by atoms with van der Waals surface area (Å²) in [6.07, 6.45) is 1.42. The molecule has 3 rings (SSSR count). The normalized spacial score (nSPS) is 16.6. The van der Waals surface area contributed by atoms with Crippen molar-refractivity contribution in [2.45, 2.75) is 13.0 Å². The smallest absolute Gasteiger partial charge is 0.248 e. The van der Waals surface area contributed by atoms with Gasteiger partial charge >= 0.3 is 0 Å². The summed E-state index contributed by atoms with van der Waals surface area (Å²) in [6, 6.07) is 4.95. The van der Waals surface area contributed by atoms with Gasteiger partial charge < -0.3 is 20.5 Å². The van der Waals surface area contributed by atoms with Crippen LogP contribution < -0.4 is 20.5 Å². The van der Waals surface area contributed by atoms with Gasteiger partial charge in [0, 0.05) is 5.70 Å². The largest absolute Gasteiger partial charge is 0.493 e. The first kappa shape index (κ1) is 14.9. The zero-order valence-corrected chi connectivity index (χ0v) is 13.0. The van der Waals surface area contributed by atoms with E-state index < -0.39 is 11.9 Å². The van der Waals surface area contributed by atoms with Crippen LogP contribution >= 0.6 is 0 Å². The number of fused-ring (bicyclic) bond motifs is 1. The van der Waals surface area contributed by atoms with E-state index in [1.165, 1.54) is 6.33 Å². The quantitative estimate of drug-likeness (QED) is 0.874. The molecular weight excluding hydrogens is 298 g/mol. The lowest BCUT2D eigenvalue weighted by Crippen LogP contribution is -2.31. The fourth-order valence-electron chi connectivity index (χ4n) is 2.74. The summed E-state index contributed by atoms with van der Waals surface area (Å²) >= 11 is 0. The van der Waals surface area contributed by atoms with Crippen LogP contribution in [0.3, 0.4) is 0 Å². The van der Waals surface area contributed by atoms with E-state index in [0.717, 1.165) is 5.56 Å². The molecule has 1 aromatic heterocycles. The summed E-state index contributed by atoms with van der Waals surface area (Å²) in [5, 5.41) is 7.24. The zero-order chi connectivity index (χ0) is 16.6. The molecular formula is C15H17N5O3. The highest BCUT2D eigenvalue weighted by Gasteiger charge is 2.32. The number of benzene rings is 1. The molecule has 23 heavy (non-hydrogen) atoms. The number of anilines is 1. The van der Waals surface area contributed by atoms with Crippen molar-refractivity contribution in [3.05, 3.63) is 41.4 Å². The molecule has 0 saturated heterocycles. The summed E-state index contributed by atoms with van der Waals surface area (Å²) in [7, 11) is 3.12. The van der Waals surface area contributed by atoms with Gasteiger partial charge in [0.2, 0.25) is 11.9 Å². The molecule has 0 bridgehead atoms. The SMILES string of the molecule is COc1ccc([C@H]2C(C(N)=O)=C(C)Nc3ncnn32)cc1OC. The molecule has 0 spiro atoms. The van der Waals surface area contributed by atoms with Gasteiger partial charge in [-0.15, -0.1) is 0 Å². The first-order chi connectivity index (χ1) is 11.1. The van der Waals surface area contributed by atoms with E-state index in [1.807, 2.05) is 6.07 Å². The molecule has 1 atom stereocenters. The van der Waals surface area contributed by atoms with Gasteiger partial charge in [-0.05, 0) is 24.6 Å². The highest BCUT2D eigenvalue weighted by atomic mass is 16.5. The second kappa shape index (κ2) is 5.64. The van der Waals surface area contributed by atoms with Gasteiger partial charge in [-0.25, -0.2) is 4.68 Å². The third-order valence-electron chi connectivity index (χ3n) is 3.78. The van der Waals surface area contributed by atoms with Gasteiger partial charge in [-0.2, -0.15) is 10.1 Å². The number of hydrogen-bond acceptors (Lipinski definition) is 6. The molecule has 0 unspecified atom stereocenters. The van der Waals surface area contributed by atoms with Crippen molar-refractivity contribution >= 4 is 11.9 Å². The molecule has 1 amide bonds. The predicted octanol–water partition coefficient (Wildman–Crippen LogP) is 1.07. The first-order valence-corrected chi connectivity index (χ1v) is 6.95. The fraction of sp³-hybridized carbons (Fsp3) is 0.267. The van der Waals surface area contributed by atoms with E-state index in [2.05, 4.69) is 15.4 Å². The average Bonchev–Trinajstić information content (AvgIpc) is 3.00. The maximum Gasteiger partial charge on any atom is 0.248 e. The lowest BCUT2D eigenvalue weighted by Gasteiger charge is -2.28. The van der Waals surface area contributed by atoms with Crippen molar-refractivity contribution in [2.24, 2.45) is 5.73 Å². The molecule has 2 aromatic rings. The summed E-state index contributed by atoms with van der Waals surface area (Å²) in [6.45, 7) is 1.78. The maximum atomic E-state index is 12.0. The molecule has 1 aliphatic rings. The molecule has 8 heteroatoms. The van der Waals surface area contributed by atoms with Crippen LogP contribution in [0.1, 0.15) is 18.5 Å². The number of ether oxygens (including phenoxy) is 2. The van der Waals surface area contributed by atoms with Crippen LogP contribution in [0.5, 0.6) is 11.5 Å². The molecule has 120 valence electrons. The van der Waals surface area contributed by atoms with E-state index >= 15 is 0 Å². The standard InChI is InChI=1S/C15H17N5O3/c1-8-12(14(16)21)13(20-15(19-8)17-7-18-20)9-4-5-10(22-2)11(6-9)23-3/h4-7,13H,1-3H3,(H2,16,21)(H,17,18,19)/t13-/m0/s1. The number of carbonyl (C=O) groups is 1. The number of rotatable bonds is 4. The monoisotopic (exact) mass is 315 g/mol. The Morgan fingerprint density at radius 2 is 2.04 bits per heavy atom. The molecule has 2 heterocycles. The van der Waals surface area contributed by atoms with Crippen molar-refractivity contribution < 1.29 is 14.3 Å². The fourth-order valence-corrected chi connectivity index (χ4v) is 2.74. The Morgan fingerprint density at radius 3 is 2.70 bits per heavy atom. The summed E-state index contributed by atoms with van der Waals surface area (Å²) in [5.74, 6) is 1.19. The first-order valence-electron chi connectivity index (χ1n) is 6.95. The van der Waals surface area contributed by atoms with E-state index in [4.69, 9.17) is 15.2 Å². The van der Waals surface area contributed by atoms with Crippen LogP contribution in [0.25, 0.3) is 0 Å². The van der Waals surface area contributed by atoms with Crippen LogP contribution in [-0.4, -0.2) is 34.9 Å². The number of nitrogens with one attached hydrogen (secondary N) is 1. The molecule has 1 aromatic carbocycles. The second-order valence-corrected chi connectivity index (χ2v) is 5.07. The maximum absolute atomic E-state index is 12.0. The Morgan fingerprint density at radius 1 is 1.30 bits per heavy atom. The molecule has 8 nitrogen and oxygen atoms in total. The minimum atomic E-state index is -0.518. The number of carbonyl (C=O) groups excluding carboxylic acids is 1. The Bertz CT molecular complexity index is 796. The topological polar surface area (TPSA) is 104 Å². The van der Waals surface area contributed by atoms with E-state index in [0.29, 0.717) is 28.7 Å². The minimum Gasteiger partial charge on any atom is -0.493 e. The molecule has 0 aliphatic carbocycles. The van der Waals surface area contributed by atoms with E-state index in [9.17, 15) is 4.79 Å². The van der Waals surface area contributed by atoms with Gasteiger partial charge in [-0.1, -0.05) is 6.07 Å². The Hall–Kier alpha value is -3.03. The number of primary amides is 1. The van der Waals surface area contributed by atoms with Crippen LogP contribution in [0.15, 0.2) is 35.8 Å². The van der Waals surface area contributed by atoms with Gasteiger partial charge in [0.15, 0.2) is 11.5 Å². The van der Waals surface area contributed by atoms with Gasteiger partial charge in [0.1, 0.15) is 12.4 Å². The van der Waals surface area contributed by atoms with Crippen molar-refractivity contribution in [3.63, 3.8) is 0 Å². The van der Waals surface area contributed by atoms with Crippen LogP contribution in [0.4, 0.5) is 5.95 Å². The van der Waals surface area contributed by atoms with Crippen molar-refractivity contribution in [1.29, 1.82) is 0 Å². The molecule has 0 radical (unpaired) electrons. The number of methoxy groups -OCH3 is 2. The van der Waals surface area contributed by atoms with Crippen molar-refractivity contribution in [1.82, 2.24) is 14.8 Å². The van der Waals surface area contributed by atoms with Gasteiger partial charge in [0.25, 0.3) is 0 Å². The number of nitrogens with zero attached hydrogens (tertiary/aromatic N) is 3. The molecule has 0 fully saturated rings. The lowest BCUT2D eigenvalue weighted by molar-refractivity contribution is -0.115. The minimum absolute atomic E-state index is 0.426. The number of nitrogens with two attached hydrogens (primary N) is 1. The molecule has 1 aliphatic heterocycles. The highest BCUT2D eigenvalue weighted by molar-refractivity contribution is 5.95.